The van der Waals surface area contributed by atoms with E-state index < -0.39 is 0 Å². The van der Waals surface area contributed by atoms with Crippen LogP contribution in [0.3, 0.4) is 0 Å². The SMILES string of the molecule is Cc1ccc(C(=O)Nc2ccc(N3CCCN(C(=O)CC(C)C)CC3)c(C(=O)NCc3ccc(F)cc3)c2)cc1. The van der Waals surface area contributed by atoms with E-state index in [0.29, 0.717) is 55.3 Å². The summed E-state index contributed by atoms with van der Waals surface area (Å²) in [5.41, 5.74) is 4.02. The third kappa shape index (κ3) is 7.68. The number of carbonyl (C=O) groups excluding carboxylic acids is 3. The van der Waals surface area contributed by atoms with E-state index in [9.17, 15) is 18.8 Å². The van der Waals surface area contributed by atoms with Crippen LogP contribution in [0.25, 0.3) is 0 Å². The summed E-state index contributed by atoms with van der Waals surface area (Å²) in [5, 5.41) is 5.84. The van der Waals surface area contributed by atoms with Gasteiger partial charge in [-0.25, -0.2) is 4.39 Å². The van der Waals surface area contributed by atoms with Gasteiger partial charge in [0, 0.05) is 56.1 Å². The Morgan fingerprint density at radius 3 is 2.30 bits per heavy atom. The lowest BCUT2D eigenvalue weighted by molar-refractivity contribution is -0.131. The highest BCUT2D eigenvalue weighted by Crippen LogP contribution is 2.27. The zero-order valence-electron chi connectivity index (χ0n) is 23.4. The fourth-order valence-corrected chi connectivity index (χ4v) is 4.75. The fraction of sp³-hybridized carbons (Fsp3) is 0.344. The van der Waals surface area contributed by atoms with Gasteiger partial charge < -0.3 is 20.4 Å². The first kappa shape index (κ1) is 28.8. The molecule has 0 unspecified atom stereocenters. The highest BCUT2D eigenvalue weighted by atomic mass is 19.1. The van der Waals surface area contributed by atoms with E-state index >= 15 is 0 Å². The summed E-state index contributed by atoms with van der Waals surface area (Å²) in [4.78, 5) is 43.1. The van der Waals surface area contributed by atoms with E-state index in [0.717, 1.165) is 23.2 Å². The summed E-state index contributed by atoms with van der Waals surface area (Å²) in [6.07, 6.45) is 1.30. The highest BCUT2D eigenvalue weighted by molar-refractivity contribution is 6.06. The number of nitrogens with zero attached hydrogens (tertiary/aromatic N) is 2. The Labute approximate surface area is 235 Å². The molecule has 0 aromatic heterocycles. The maximum atomic E-state index is 13.5. The van der Waals surface area contributed by atoms with Crippen molar-refractivity contribution in [1.82, 2.24) is 10.2 Å². The molecule has 3 aromatic carbocycles. The van der Waals surface area contributed by atoms with Crippen LogP contribution in [0, 0.1) is 18.7 Å². The zero-order valence-corrected chi connectivity index (χ0v) is 23.4. The third-order valence-electron chi connectivity index (χ3n) is 6.95. The molecule has 0 atom stereocenters. The Bertz CT molecular complexity index is 1340. The number of anilines is 2. The first-order valence-corrected chi connectivity index (χ1v) is 13.8. The van der Waals surface area contributed by atoms with Crippen molar-refractivity contribution >= 4 is 29.1 Å². The Morgan fingerprint density at radius 1 is 0.875 bits per heavy atom. The van der Waals surface area contributed by atoms with Crippen molar-refractivity contribution < 1.29 is 18.8 Å². The molecule has 2 N–H and O–H groups in total. The van der Waals surface area contributed by atoms with Gasteiger partial charge in [-0.1, -0.05) is 43.7 Å². The van der Waals surface area contributed by atoms with E-state index in [1.165, 1.54) is 12.1 Å². The molecule has 1 aliphatic heterocycles. The first-order valence-electron chi connectivity index (χ1n) is 13.8. The molecule has 3 aromatic rings. The van der Waals surface area contributed by atoms with Gasteiger partial charge in [-0.3, -0.25) is 14.4 Å². The van der Waals surface area contributed by atoms with Crippen LogP contribution in [0.4, 0.5) is 15.8 Å². The number of aryl methyl sites for hydroxylation is 1. The molecule has 4 rings (SSSR count). The largest absolute Gasteiger partial charge is 0.369 e. The number of halogens is 1. The summed E-state index contributed by atoms with van der Waals surface area (Å²) in [6, 6.07) is 18.6. The summed E-state index contributed by atoms with van der Waals surface area (Å²) in [7, 11) is 0. The summed E-state index contributed by atoms with van der Waals surface area (Å²) in [6.45, 7) is 8.81. The smallest absolute Gasteiger partial charge is 0.255 e. The number of benzene rings is 3. The lowest BCUT2D eigenvalue weighted by Crippen LogP contribution is -2.36. The van der Waals surface area contributed by atoms with E-state index in [2.05, 4.69) is 15.5 Å². The van der Waals surface area contributed by atoms with Crippen molar-refractivity contribution in [2.75, 3.05) is 36.4 Å². The number of nitrogens with one attached hydrogen (secondary N) is 2. The molecule has 0 spiro atoms. The predicted octanol–water partition coefficient (Wildman–Crippen LogP) is 5.40. The van der Waals surface area contributed by atoms with Crippen molar-refractivity contribution in [1.29, 1.82) is 0 Å². The minimum absolute atomic E-state index is 0.156. The molecule has 1 heterocycles. The van der Waals surface area contributed by atoms with Crippen LogP contribution in [-0.4, -0.2) is 48.8 Å². The number of hydrogen-bond acceptors (Lipinski definition) is 4. The van der Waals surface area contributed by atoms with Gasteiger partial charge in [0.15, 0.2) is 0 Å². The molecule has 8 heteroatoms. The Hall–Kier alpha value is -4.20. The molecule has 1 saturated heterocycles. The molecular weight excluding hydrogens is 507 g/mol. The van der Waals surface area contributed by atoms with Crippen molar-refractivity contribution in [3.63, 3.8) is 0 Å². The van der Waals surface area contributed by atoms with Crippen LogP contribution >= 0.6 is 0 Å². The molecular formula is C32H37FN4O3. The minimum atomic E-state index is -0.337. The number of carbonyl (C=O) groups is 3. The second kappa shape index (κ2) is 13.2. The topological polar surface area (TPSA) is 81.8 Å². The average molecular weight is 545 g/mol. The van der Waals surface area contributed by atoms with E-state index in [4.69, 9.17) is 0 Å². The molecule has 0 saturated carbocycles. The van der Waals surface area contributed by atoms with Crippen LogP contribution in [0.15, 0.2) is 66.7 Å². The van der Waals surface area contributed by atoms with E-state index in [-0.39, 0.29) is 30.1 Å². The number of rotatable bonds is 8. The number of hydrogen-bond donors (Lipinski definition) is 2. The van der Waals surface area contributed by atoms with Crippen LogP contribution in [-0.2, 0) is 11.3 Å². The molecule has 40 heavy (non-hydrogen) atoms. The van der Waals surface area contributed by atoms with Gasteiger partial charge in [0.2, 0.25) is 5.91 Å². The van der Waals surface area contributed by atoms with Crippen LogP contribution < -0.4 is 15.5 Å². The van der Waals surface area contributed by atoms with Crippen molar-refractivity contribution in [3.8, 4) is 0 Å². The van der Waals surface area contributed by atoms with E-state index in [1.807, 2.05) is 43.9 Å². The zero-order chi connectivity index (χ0) is 28.6. The van der Waals surface area contributed by atoms with Gasteiger partial charge in [0.1, 0.15) is 5.82 Å². The normalized spacial score (nSPS) is 13.6. The van der Waals surface area contributed by atoms with Crippen molar-refractivity contribution in [2.24, 2.45) is 5.92 Å². The van der Waals surface area contributed by atoms with Crippen LogP contribution in [0.1, 0.15) is 58.5 Å². The molecule has 210 valence electrons. The van der Waals surface area contributed by atoms with Gasteiger partial charge in [0.25, 0.3) is 11.8 Å². The highest BCUT2D eigenvalue weighted by Gasteiger charge is 2.23. The van der Waals surface area contributed by atoms with Crippen LogP contribution in [0.5, 0.6) is 0 Å². The molecule has 7 nitrogen and oxygen atoms in total. The number of amides is 3. The second-order valence-electron chi connectivity index (χ2n) is 10.7. The van der Waals surface area contributed by atoms with Crippen LogP contribution in [0.2, 0.25) is 0 Å². The maximum Gasteiger partial charge on any atom is 0.255 e. The second-order valence-corrected chi connectivity index (χ2v) is 10.7. The van der Waals surface area contributed by atoms with Gasteiger partial charge in [-0.05, 0) is 67.3 Å². The Balaban J connectivity index is 1.56. The Kier molecular flexibility index (Phi) is 9.53. The van der Waals surface area contributed by atoms with Crippen molar-refractivity contribution in [2.45, 2.75) is 40.2 Å². The molecule has 0 bridgehead atoms. The molecule has 1 fully saturated rings. The lowest BCUT2D eigenvalue weighted by atomic mass is 10.1. The molecule has 1 aliphatic rings. The van der Waals surface area contributed by atoms with Gasteiger partial charge in [-0.15, -0.1) is 0 Å². The monoisotopic (exact) mass is 544 g/mol. The first-order chi connectivity index (χ1) is 19.2. The third-order valence-corrected chi connectivity index (χ3v) is 6.95. The summed E-state index contributed by atoms with van der Waals surface area (Å²) in [5.74, 6) is -0.451. The van der Waals surface area contributed by atoms with E-state index in [1.54, 1.807) is 36.4 Å². The van der Waals surface area contributed by atoms with Crippen molar-refractivity contribution in [3.05, 3.63) is 94.8 Å². The molecule has 3 amide bonds. The Morgan fingerprint density at radius 2 is 1.60 bits per heavy atom. The molecule has 0 radical (unpaired) electrons. The minimum Gasteiger partial charge on any atom is -0.369 e. The summed E-state index contributed by atoms with van der Waals surface area (Å²) < 4.78 is 13.3. The quantitative estimate of drug-likeness (QED) is 0.398. The van der Waals surface area contributed by atoms with Gasteiger partial charge in [0.05, 0.1) is 5.56 Å². The fourth-order valence-electron chi connectivity index (χ4n) is 4.75. The lowest BCUT2D eigenvalue weighted by Gasteiger charge is -2.26. The summed E-state index contributed by atoms with van der Waals surface area (Å²) >= 11 is 0. The molecule has 0 aliphatic carbocycles. The van der Waals surface area contributed by atoms with Gasteiger partial charge >= 0.3 is 0 Å². The average Bonchev–Trinajstić information content (AvgIpc) is 3.19. The van der Waals surface area contributed by atoms with Gasteiger partial charge in [-0.2, -0.15) is 0 Å². The maximum absolute atomic E-state index is 13.5. The standard InChI is InChI=1S/C32H37FN4O3/c1-22(2)19-30(38)37-16-4-15-36(17-18-37)29-14-13-27(35-31(39)25-9-5-23(3)6-10-25)20-28(29)32(40)34-21-24-7-11-26(33)12-8-24/h5-14,20,22H,4,15-19,21H2,1-3H3,(H,34,40)(H,35,39). The predicted molar refractivity (Wildman–Crippen MR) is 156 cm³/mol.